The topological polar surface area (TPSA) is 38.0 Å². The first-order chi connectivity index (χ1) is 5.25. The molecule has 0 bridgehead atoms. The summed E-state index contributed by atoms with van der Waals surface area (Å²) in [5.41, 5.74) is 6.32. The molecule has 1 saturated carbocycles. The molecular weight excluding hydrogens is 136 g/mol. The smallest absolute Gasteiger partial charge is 0.0330 e. The van der Waals surface area contributed by atoms with Gasteiger partial charge in [0.05, 0.1) is 0 Å². The summed E-state index contributed by atoms with van der Waals surface area (Å²) in [7, 11) is 0. The zero-order valence-electron chi connectivity index (χ0n) is 7.69. The molecule has 2 nitrogen and oxygen atoms in total. The first-order valence-electron chi connectivity index (χ1n) is 4.76. The van der Waals surface area contributed by atoms with Gasteiger partial charge in [-0.05, 0) is 32.2 Å². The standard InChI is InChI=1S/C9H20N2/c1-3-9(11-4-2)7-5-6-8(9)10/h8,11H,3-7,10H2,1-2H3. The van der Waals surface area contributed by atoms with Gasteiger partial charge in [-0.1, -0.05) is 13.8 Å². The average Bonchev–Trinajstić information content (AvgIpc) is 2.35. The molecule has 3 N–H and O–H groups in total. The second-order valence-electron chi connectivity index (χ2n) is 3.54. The Hall–Kier alpha value is -0.0800. The Kier molecular flexibility index (Phi) is 2.90. The third kappa shape index (κ3) is 1.57. The van der Waals surface area contributed by atoms with Crippen molar-refractivity contribution in [2.75, 3.05) is 6.54 Å². The van der Waals surface area contributed by atoms with E-state index in [-0.39, 0.29) is 5.54 Å². The largest absolute Gasteiger partial charge is 0.326 e. The van der Waals surface area contributed by atoms with E-state index in [9.17, 15) is 0 Å². The SMILES string of the molecule is CCNC1(CC)CCCC1N. The van der Waals surface area contributed by atoms with Crippen LogP contribution in [0.5, 0.6) is 0 Å². The lowest BCUT2D eigenvalue weighted by Crippen LogP contribution is -2.54. The van der Waals surface area contributed by atoms with Gasteiger partial charge in [-0.2, -0.15) is 0 Å². The van der Waals surface area contributed by atoms with Gasteiger partial charge in [-0.25, -0.2) is 0 Å². The Morgan fingerprint density at radius 1 is 1.55 bits per heavy atom. The summed E-state index contributed by atoms with van der Waals surface area (Å²) in [6.07, 6.45) is 4.92. The van der Waals surface area contributed by atoms with Gasteiger partial charge in [0.15, 0.2) is 0 Å². The van der Waals surface area contributed by atoms with Gasteiger partial charge in [0.25, 0.3) is 0 Å². The number of rotatable bonds is 3. The molecule has 66 valence electrons. The quantitative estimate of drug-likeness (QED) is 0.645. The van der Waals surface area contributed by atoms with E-state index in [2.05, 4.69) is 19.2 Å². The Morgan fingerprint density at radius 2 is 2.27 bits per heavy atom. The van der Waals surface area contributed by atoms with E-state index >= 15 is 0 Å². The Morgan fingerprint density at radius 3 is 2.64 bits per heavy atom. The molecule has 0 aromatic heterocycles. The fraction of sp³-hybridized carbons (Fsp3) is 1.00. The van der Waals surface area contributed by atoms with Crippen molar-refractivity contribution in [3.8, 4) is 0 Å². The van der Waals surface area contributed by atoms with Crippen LogP contribution in [0.1, 0.15) is 39.5 Å². The summed E-state index contributed by atoms with van der Waals surface area (Å²) < 4.78 is 0. The van der Waals surface area contributed by atoms with E-state index in [0.717, 1.165) is 6.54 Å². The minimum atomic E-state index is 0.273. The van der Waals surface area contributed by atoms with Crippen LogP contribution in [-0.2, 0) is 0 Å². The third-order valence-corrected chi connectivity index (χ3v) is 3.01. The molecule has 2 unspecified atom stereocenters. The molecule has 0 aliphatic heterocycles. The number of nitrogens with one attached hydrogen (secondary N) is 1. The number of nitrogens with two attached hydrogens (primary N) is 1. The lowest BCUT2D eigenvalue weighted by atomic mass is 9.90. The predicted octanol–water partition coefficient (Wildman–Crippen LogP) is 1.26. The number of hydrogen-bond acceptors (Lipinski definition) is 2. The minimum Gasteiger partial charge on any atom is -0.326 e. The fourth-order valence-corrected chi connectivity index (χ4v) is 2.23. The van der Waals surface area contributed by atoms with E-state index in [1.807, 2.05) is 0 Å². The summed E-state index contributed by atoms with van der Waals surface area (Å²) >= 11 is 0. The van der Waals surface area contributed by atoms with Crippen LogP contribution in [0.15, 0.2) is 0 Å². The zero-order valence-corrected chi connectivity index (χ0v) is 7.69. The fourth-order valence-electron chi connectivity index (χ4n) is 2.23. The Bertz CT molecular complexity index is 125. The normalized spacial score (nSPS) is 37.9. The second kappa shape index (κ2) is 3.55. The van der Waals surface area contributed by atoms with E-state index in [4.69, 9.17) is 5.73 Å². The maximum absolute atomic E-state index is 6.05. The molecular formula is C9H20N2. The van der Waals surface area contributed by atoms with E-state index in [0.29, 0.717) is 6.04 Å². The monoisotopic (exact) mass is 156 g/mol. The highest BCUT2D eigenvalue weighted by molar-refractivity contribution is 5.00. The number of likely N-dealkylation sites (N-methyl/N-ethyl adjacent to an activating group) is 1. The van der Waals surface area contributed by atoms with Crippen molar-refractivity contribution in [3.63, 3.8) is 0 Å². The van der Waals surface area contributed by atoms with Gasteiger partial charge >= 0.3 is 0 Å². The molecule has 1 rings (SSSR count). The highest BCUT2D eigenvalue weighted by Gasteiger charge is 2.37. The molecule has 0 aromatic carbocycles. The summed E-state index contributed by atoms with van der Waals surface area (Å²) in [5.74, 6) is 0. The van der Waals surface area contributed by atoms with Gasteiger partial charge in [0.2, 0.25) is 0 Å². The van der Waals surface area contributed by atoms with Gasteiger partial charge in [0.1, 0.15) is 0 Å². The van der Waals surface area contributed by atoms with Crippen LogP contribution in [-0.4, -0.2) is 18.1 Å². The maximum Gasteiger partial charge on any atom is 0.0330 e. The van der Waals surface area contributed by atoms with Crippen LogP contribution < -0.4 is 11.1 Å². The minimum absolute atomic E-state index is 0.273. The molecule has 0 saturated heterocycles. The van der Waals surface area contributed by atoms with Crippen molar-refractivity contribution >= 4 is 0 Å². The zero-order chi connectivity index (χ0) is 8.32. The van der Waals surface area contributed by atoms with Crippen LogP contribution in [0.25, 0.3) is 0 Å². The summed E-state index contributed by atoms with van der Waals surface area (Å²) in [4.78, 5) is 0. The molecule has 0 heterocycles. The molecule has 11 heavy (non-hydrogen) atoms. The molecule has 0 amide bonds. The molecule has 1 aliphatic carbocycles. The predicted molar refractivity (Wildman–Crippen MR) is 48.5 cm³/mol. The molecule has 0 aromatic rings. The highest BCUT2D eigenvalue weighted by atomic mass is 15.0. The third-order valence-electron chi connectivity index (χ3n) is 3.01. The van der Waals surface area contributed by atoms with Crippen LogP contribution in [0.4, 0.5) is 0 Å². The molecule has 0 spiro atoms. The van der Waals surface area contributed by atoms with Crippen molar-refractivity contribution in [1.82, 2.24) is 5.32 Å². The van der Waals surface area contributed by atoms with Gasteiger partial charge in [0, 0.05) is 11.6 Å². The van der Waals surface area contributed by atoms with Crippen molar-refractivity contribution in [1.29, 1.82) is 0 Å². The van der Waals surface area contributed by atoms with Gasteiger partial charge in [-0.3, -0.25) is 0 Å². The molecule has 2 heteroatoms. The van der Waals surface area contributed by atoms with Crippen LogP contribution >= 0.6 is 0 Å². The van der Waals surface area contributed by atoms with Crippen molar-refractivity contribution in [2.24, 2.45) is 5.73 Å². The van der Waals surface area contributed by atoms with Gasteiger partial charge in [-0.15, -0.1) is 0 Å². The Balaban J connectivity index is 2.57. The van der Waals surface area contributed by atoms with E-state index in [1.54, 1.807) is 0 Å². The molecule has 1 fully saturated rings. The molecule has 2 atom stereocenters. The molecule has 1 aliphatic rings. The molecule has 0 radical (unpaired) electrons. The van der Waals surface area contributed by atoms with E-state index < -0.39 is 0 Å². The van der Waals surface area contributed by atoms with Crippen molar-refractivity contribution in [2.45, 2.75) is 51.1 Å². The van der Waals surface area contributed by atoms with E-state index in [1.165, 1.54) is 25.7 Å². The lowest BCUT2D eigenvalue weighted by Gasteiger charge is -2.33. The Labute approximate surface area is 69.5 Å². The second-order valence-corrected chi connectivity index (χ2v) is 3.54. The summed E-state index contributed by atoms with van der Waals surface area (Å²) in [6, 6.07) is 0.382. The van der Waals surface area contributed by atoms with Crippen LogP contribution in [0, 0.1) is 0 Å². The van der Waals surface area contributed by atoms with Crippen molar-refractivity contribution in [3.05, 3.63) is 0 Å². The number of hydrogen-bond donors (Lipinski definition) is 2. The summed E-state index contributed by atoms with van der Waals surface area (Å²) in [6.45, 7) is 5.43. The first kappa shape index (κ1) is 9.01. The average molecular weight is 156 g/mol. The van der Waals surface area contributed by atoms with Crippen molar-refractivity contribution < 1.29 is 0 Å². The van der Waals surface area contributed by atoms with Crippen LogP contribution in [0.3, 0.4) is 0 Å². The van der Waals surface area contributed by atoms with Crippen LogP contribution in [0.2, 0.25) is 0 Å². The van der Waals surface area contributed by atoms with Gasteiger partial charge < -0.3 is 11.1 Å². The first-order valence-corrected chi connectivity index (χ1v) is 4.76. The lowest BCUT2D eigenvalue weighted by molar-refractivity contribution is 0.294. The maximum atomic E-state index is 6.05. The highest BCUT2D eigenvalue weighted by Crippen LogP contribution is 2.31. The summed E-state index contributed by atoms with van der Waals surface area (Å²) in [5, 5.41) is 3.53.